The zero-order valence-corrected chi connectivity index (χ0v) is 21.2. The summed E-state index contributed by atoms with van der Waals surface area (Å²) >= 11 is 0. The molecule has 0 saturated heterocycles. The number of rotatable bonds is 23. The highest BCUT2D eigenvalue weighted by Gasteiger charge is 2.15. The van der Waals surface area contributed by atoms with E-state index in [1.807, 2.05) is 6.08 Å². The van der Waals surface area contributed by atoms with Crippen molar-refractivity contribution in [3.05, 3.63) is 24.3 Å². The number of hydrogen-bond donors (Lipinski definition) is 3. The first-order valence-electron chi connectivity index (χ1n) is 13.5. The second kappa shape index (κ2) is 24.5. The zero-order valence-electron chi connectivity index (χ0n) is 21.2. The molecule has 0 heterocycles. The molecule has 0 rings (SSSR count). The lowest BCUT2D eigenvalue weighted by atomic mass is 10.0. The lowest BCUT2D eigenvalue weighted by Gasteiger charge is -2.18. The Balaban J connectivity index is 3.38. The van der Waals surface area contributed by atoms with E-state index >= 15 is 0 Å². The van der Waals surface area contributed by atoms with Crippen LogP contribution in [0.4, 0.5) is 0 Å². The Labute approximate surface area is 199 Å². The average Bonchev–Trinajstić information content (AvgIpc) is 2.78. The Morgan fingerprint density at radius 3 is 1.62 bits per heavy atom. The molecule has 1 amide bonds. The molecule has 0 radical (unpaired) electrons. The Hall–Kier alpha value is -1.13. The Morgan fingerprint density at radius 2 is 1.16 bits per heavy atom. The number of amides is 1. The molecule has 0 aliphatic heterocycles. The van der Waals surface area contributed by atoms with Crippen molar-refractivity contribution in [2.75, 3.05) is 6.61 Å². The standard InChI is InChI=1S/C28H53NO3/c1-3-4-5-6-7-8-9-10-11-12-13-14-15-16-17-18-19-20-21-22-23-24-28(32)27(25-30)29-26(2)31/h19-20,23-24,27-28,30,32H,3-18,21-22,25H2,1-2H3,(H,29,31)/b20-19+,24-23+. The molecule has 32 heavy (non-hydrogen) atoms. The minimum Gasteiger partial charge on any atom is -0.394 e. The van der Waals surface area contributed by atoms with Gasteiger partial charge in [0.1, 0.15) is 0 Å². The highest BCUT2D eigenvalue weighted by molar-refractivity contribution is 5.73. The first-order chi connectivity index (χ1) is 15.6. The molecule has 0 fully saturated rings. The van der Waals surface area contributed by atoms with E-state index in [1.165, 1.54) is 103 Å². The van der Waals surface area contributed by atoms with Crippen LogP contribution in [0.3, 0.4) is 0 Å². The van der Waals surface area contributed by atoms with Crippen LogP contribution in [0.15, 0.2) is 24.3 Å². The summed E-state index contributed by atoms with van der Waals surface area (Å²) in [5.41, 5.74) is 0. The van der Waals surface area contributed by atoms with Gasteiger partial charge in [0.25, 0.3) is 0 Å². The normalized spacial score (nSPS) is 13.8. The van der Waals surface area contributed by atoms with Crippen LogP contribution in [-0.4, -0.2) is 34.9 Å². The molecule has 4 heteroatoms. The highest BCUT2D eigenvalue weighted by Crippen LogP contribution is 2.13. The summed E-state index contributed by atoms with van der Waals surface area (Å²) in [6, 6.07) is -0.635. The molecule has 2 unspecified atom stereocenters. The largest absolute Gasteiger partial charge is 0.394 e. The van der Waals surface area contributed by atoms with Crippen LogP contribution < -0.4 is 5.32 Å². The third-order valence-electron chi connectivity index (χ3n) is 5.97. The number of allylic oxidation sites excluding steroid dienone is 3. The van der Waals surface area contributed by atoms with Crippen LogP contribution in [-0.2, 0) is 4.79 Å². The molecule has 0 saturated carbocycles. The maximum Gasteiger partial charge on any atom is 0.217 e. The summed E-state index contributed by atoms with van der Waals surface area (Å²) in [5, 5.41) is 21.7. The van der Waals surface area contributed by atoms with E-state index in [-0.39, 0.29) is 12.5 Å². The predicted molar refractivity (Wildman–Crippen MR) is 138 cm³/mol. The lowest BCUT2D eigenvalue weighted by Crippen LogP contribution is -2.44. The summed E-state index contributed by atoms with van der Waals surface area (Å²) in [6.07, 6.45) is 31.1. The summed E-state index contributed by atoms with van der Waals surface area (Å²) in [6.45, 7) is 3.38. The van der Waals surface area contributed by atoms with E-state index in [9.17, 15) is 15.0 Å². The molecule has 4 nitrogen and oxygen atoms in total. The Morgan fingerprint density at radius 1 is 0.719 bits per heavy atom. The van der Waals surface area contributed by atoms with Gasteiger partial charge in [-0.3, -0.25) is 4.79 Å². The van der Waals surface area contributed by atoms with Gasteiger partial charge in [-0.1, -0.05) is 121 Å². The topological polar surface area (TPSA) is 69.6 Å². The minimum absolute atomic E-state index is 0.252. The molecule has 0 aromatic rings. The maximum atomic E-state index is 11.0. The molecule has 3 N–H and O–H groups in total. The minimum atomic E-state index is -0.854. The summed E-state index contributed by atoms with van der Waals surface area (Å²) in [5.74, 6) is -0.252. The fourth-order valence-electron chi connectivity index (χ4n) is 3.93. The van der Waals surface area contributed by atoms with Gasteiger partial charge in [0, 0.05) is 6.92 Å². The maximum absolute atomic E-state index is 11.0. The molecular weight excluding hydrogens is 398 g/mol. The Bertz CT molecular complexity index is 462. The van der Waals surface area contributed by atoms with Crippen LogP contribution >= 0.6 is 0 Å². The van der Waals surface area contributed by atoms with Crippen LogP contribution in [0.1, 0.15) is 129 Å². The lowest BCUT2D eigenvalue weighted by molar-refractivity contribution is -0.120. The third-order valence-corrected chi connectivity index (χ3v) is 5.97. The third kappa shape index (κ3) is 22.1. The van der Waals surface area contributed by atoms with Crippen molar-refractivity contribution in [3.63, 3.8) is 0 Å². The second-order valence-corrected chi connectivity index (χ2v) is 9.20. The van der Waals surface area contributed by atoms with Crippen molar-refractivity contribution in [3.8, 4) is 0 Å². The van der Waals surface area contributed by atoms with Crippen molar-refractivity contribution in [2.45, 2.75) is 142 Å². The Kier molecular flexibility index (Phi) is 23.6. The smallest absolute Gasteiger partial charge is 0.217 e. The number of aliphatic hydroxyl groups excluding tert-OH is 2. The van der Waals surface area contributed by atoms with E-state index in [1.54, 1.807) is 6.08 Å². The number of carbonyl (C=O) groups is 1. The van der Waals surface area contributed by atoms with E-state index in [0.29, 0.717) is 0 Å². The molecule has 0 aliphatic carbocycles. The number of aliphatic hydroxyl groups is 2. The second-order valence-electron chi connectivity index (χ2n) is 9.20. The molecule has 188 valence electrons. The van der Waals surface area contributed by atoms with Crippen molar-refractivity contribution < 1.29 is 15.0 Å². The zero-order chi connectivity index (χ0) is 23.7. The molecule has 0 aromatic heterocycles. The van der Waals surface area contributed by atoms with E-state index in [4.69, 9.17) is 0 Å². The molecule has 0 aromatic carbocycles. The summed E-state index contributed by atoms with van der Waals surface area (Å²) in [7, 11) is 0. The predicted octanol–water partition coefficient (Wildman–Crippen LogP) is 7.00. The molecule has 0 bridgehead atoms. The first-order valence-corrected chi connectivity index (χ1v) is 13.5. The van der Waals surface area contributed by atoms with Gasteiger partial charge in [-0.05, 0) is 25.7 Å². The van der Waals surface area contributed by atoms with E-state index < -0.39 is 12.1 Å². The molecule has 0 aliphatic rings. The average molecular weight is 452 g/mol. The molecule has 2 atom stereocenters. The number of unbranched alkanes of at least 4 members (excludes halogenated alkanes) is 16. The quantitative estimate of drug-likeness (QED) is 0.116. The van der Waals surface area contributed by atoms with Gasteiger partial charge >= 0.3 is 0 Å². The molecular formula is C28H53NO3. The van der Waals surface area contributed by atoms with Gasteiger partial charge in [-0.2, -0.15) is 0 Å². The van der Waals surface area contributed by atoms with Gasteiger partial charge in [-0.25, -0.2) is 0 Å². The van der Waals surface area contributed by atoms with Gasteiger partial charge in [0.15, 0.2) is 0 Å². The van der Waals surface area contributed by atoms with E-state index in [2.05, 4.69) is 24.4 Å². The monoisotopic (exact) mass is 451 g/mol. The van der Waals surface area contributed by atoms with Crippen molar-refractivity contribution in [2.24, 2.45) is 0 Å². The first kappa shape index (κ1) is 30.9. The van der Waals surface area contributed by atoms with E-state index in [0.717, 1.165) is 19.3 Å². The van der Waals surface area contributed by atoms with Gasteiger partial charge in [0.05, 0.1) is 18.8 Å². The van der Waals surface area contributed by atoms with Crippen molar-refractivity contribution >= 4 is 5.91 Å². The summed E-state index contributed by atoms with van der Waals surface area (Å²) < 4.78 is 0. The van der Waals surface area contributed by atoms with Crippen LogP contribution in [0.2, 0.25) is 0 Å². The number of nitrogens with one attached hydrogen (secondary N) is 1. The van der Waals surface area contributed by atoms with Crippen LogP contribution in [0.5, 0.6) is 0 Å². The number of carbonyl (C=O) groups excluding carboxylic acids is 1. The molecule has 0 spiro atoms. The van der Waals surface area contributed by atoms with Crippen molar-refractivity contribution in [1.29, 1.82) is 0 Å². The van der Waals surface area contributed by atoms with Crippen LogP contribution in [0.25, 0.3) is 0 Å². The fraction of sp³-hybridized carbons (Fsp3) is 0.821. The fourth-order valence-corrected chi connectivity index (χ4v) is 3.93. The van der Waals surface area contributed by atoms with Gasteiger partial charge in [0.2, 0.25) is 5.91 Å². The summed E-state index contributed by atoms with van der Waals surface area (Å²) in [4.78, 5) is 11.0. The highest BCUT2D eigenvalue weighted by atomic mass is 16.3. The van der Waals surface area contributed by atoms with Gasteiger partial charge in [-0.15, -0.1) is 0 Å². The van der Waals surface area contributed by atoms with Crippen LogP contribution in [0, 0.1) is 0 Å². The van der Waals surface area contributed by atoms with Crippen molar-refractivity contribution in [1.82, 2.24) is 5.32 Å². The SMILES string of the molecule is CCCCCCCCCCCCCCCCC/C=C/CC/C=C/C(O)C(CO)NC(C)=O. The van der Waals surface area contributed by atoms with Gasteiger partial charge < -0.3 is 15.5 Å². The number of hydrogen-bond acceptors (Lipinski definition) is 3.